The zero-order chi connectivity index (χ0) is 15.8. The average molecular weight is 298 g/mol. The Hall–Kier alpha value is -1.79. The van der Waals surface area contributed by atoms with Gasteiger partial charge in [0.15, 0.2) is 0 Å². The largest absolute Gasteiger partial charge is 0.461 e. The number of hydrogen-bond donors (Lipinski definition) is 1. The van der Waals surface area contributed by atoms with E-state index in [-0.39, 0.29) is 12.0 Å². The van der Waals surface area contributed by atoms with E-state index in [2.05, 4.69) is 5.32 Å². The molecule has 7 heteroatoms. The second-order valence-electron chi connectivity index (χ2n) is 6.52. The standard InChI is InChI=1S/C14H22N2O5/c1-8-7-9(12(18)20-8)15-11(17)10-5-6-16(10)13(19)21-14(2,3)4/h8-10H,5-7H2,1-4H3,(H,15,17)/t8-,9+,10+/m0/s1. The number of esters is 1. The van der Waals surface area contributed by atoms with Gasteiger partial charge in [0.05, 0.1) is 0 Å². The highest BCUT2D eigenvalue weighted by Crippen LogP contribution is 2.22. The van der Waals surface area contributed by atoms with Gasteiger partial charge in [-0.05, 0) is 34.1 Å². The summed E-state index contributed by atoms with van der Waals surface area (Å²) in [5, 5.41) is 2.65. The van der Waals surface area contributed by atoms with Crippen molar-refractivity contribution in [3.63, 3.8) is 0 Å². The molecule has 0 aromatic heterocycles. The van der Waals surface area contributed by atoms with Crippen LogP contribution in [-0.4, -0.2) is 53.2 Å². The van der Waals surface area contributed by atoms with E-state index < -0.39 is 29.7 Å². The number of ether oxygens (including phenoxy) is 2. The molecule has 0 saturated carbocycles. The molecule has 2 saturated heterocycles. The lowest BCUT2D eigenvalue weighted by molar-refractivity contribution is -0.144. The van der Waals surface area contributed by atoms with Crippen LogP contribution in [-0.2, 0) is 19.1 Å². The SMILES string of the molecule is C[C@H]1C[C@@H](NC(=O)[C@H]2CCN2C(=O)OC(C)(C)C)C(=O)O1. The minimum Gasteiger partial charge on any atom is -0.461 e. The summed E-state index contributed by atoms with van der Waals surface area (Å²) in [5.41, 5.74) is -0.599. The number of nitrogens with one attached hydrogen (secondary N) is 1. The third-order valence-corrected chi connectivity index (χ3v) is 3.44. The van der Waals surface area contributed by atoms with Gasteiger partial charge in [-0.15, -0.1) is 0 Å². The predicted octanol–water partition coefficient (Wildman–Crippen LogP) is 0.816. The number of carbonyl (C=O) groups excluding carboxylic acids is 3. The van der Waals surface area contributed by atoms with E-state index in [0.717, 1.165) is 0 Å². The molecule has 0 aromatic carbocycles. The smallest absolute Gasteiger partial charge is 0.410 e. The summed E-state index contributed by atoms with van der Waals surface area (Å²) < 4.78 is 10.2. The fourth-order valence-electron chi connectivity index (χ4n) is 2.34. The van der Waals surface area contributed by atoms with E-state index in [4.69, 9.17) is 9.47 Å². The number of cyclic esters (lactones) is 1. The van der Waals surface area contributed by atoms with Crippen LogP contribution in [0.3, 0.4) is 0 Å². The lowest BCUT2D eigenvalue weighted by atomic mass is 10.0. The van der Waals surface area contributed by atoms with E-state index in [0.29, 0.717) is 19.4 Å². The Kier molecular flexibility index (Phi) is 4.11. The van der Waals surface area contributed by atoms with E-state index >= 15 is 0 Å². The molecule has 2 amide bonds. The Morgan fingerprint density at radius 3 is 2.48 bits per heavy atom. The highest BCUT2D eigenvalue weighted by atomic mass is 16.6. The van der Waals surface area contributed by atoms with Crippen molar-refractivity contribution in [2.45, 2.75) is 64.3 Å². The summed E-state index contributed by atoms with van der Waals surface area (Å²) in [5.74, 6) is -0.748. The first kappa shape index (κ1) is 15.6. The first-order valence-electron chi connectivity index (χ1n) is 7.18. The first-order valence-corrected chi connectivity index (χ1v) is 7.18. The van der Waals surface area contributed by atoms with Crippen LogP contribution in [0.1, 0.15) is 40.5 Å². The molecule has 0 radical (unpaired) electrons. The quantitative estimate of drug-likeness (QED) is 0.763. The Morgan fingerprint density at radius 1 is 1.38 bits per heavy atom. The molecule has 2 aliphatic heterocycles. The molecule has 0 aromatic rings. The van der Waals surface area contributed by atoms with Crippen molar-refractivity contribution < 1.29 is 23.9 Å². The molecule has 7 nitrogen and oxygen atoms in total. The first-order chi connectivity index (χ1) is 9.67. The predicted molar refractivity (Wildman–Crippen MR) is 73.4 cm³/mol. The average Bonchev–Trinajstić information content (AvgIpc) is 2.52. The van der Waals surface area contributed by atoms with E-state index in [1.165, 1.54) is 4.90 Å². The van der Waals surface area contributed by atoms with Crippen LogP contribution in [0.25, 0.3) is 0 Å². The number of carbonyl (C=O) groups is 3. The normalized spacial score (nSPS) is 28.7. The number of hydrogen-bond acceptors (Lipinski definition) is 5. The van der Waals surface area contributed by atoms with Gasteiger partial charge in [-0.2, -0.15) is 0 Å². The van der Waals surface area contributed by atoms with Crippen LogP contribution in [0.15, 0.2) is 0 Å². The summed E-state index contributed by atoms with van der Waals surface area (Å²) in [7, 11) is 0. The van der Waals surface area contributed by atoms with Crippen molar-refractivity contribution in [2.24, 2.45) is 0 Å². The van der Waals surface area contributed by atoms with Gasteiger partial charge in [-0.3, -0.25) is 9.69 Å². The van der Waals surface area contributed by atoms with Gasteiger partial charge in [0.2, 0.25) is 5.91 Å². The molecule has 0 spiro atoms. The van der Waals surface area contributed by atoms with Crippen molar-refractivity contribution in [1.29, 1.82) is 0 Å². The minimum atomic E-state index is -0.617. The summed E-state index contributed by atoms with van der Waals surface area (Å²) >= 11 is 0. The number of amides is 2. The third kappa shape index (κ3) is 3.65. The summed E-state index contributed by atoms with van der Waals surface area (Å²) in [6.07, 6.45) is 0.342. The zero-order valence-electron chi connectivity index (χ0n) is 12.8. The Balaban J connectivity index is 1.89. The van der Waals surface area contributed by atoms with Crippen molar-refractivity contribution in [1.82, 2.24) is 10.2 Å². The molecule has 2 fully saturated rings. The summed E-state index contributed by atoms with van der Waals surface area (Å²) in [4.78, 5) is 37.0. The Morgan fingerprint density at radius 2 is 2.05 bits per heavy atom. The Labute approximate surface area is 123 Å². The second-order valence-corrected chi connectivity index (χ2v) is 6.52. The van der Waals surface area contributed by atoms with Crippen LogP contribution in [0.4, 0.5) is 4.79 Å². The number of nitrogens with zero attached hydrogens (tertiary/aromatic N) is 1. The van der Waals surface area contributed by atoms with E-state index in [1.54, 1.807) is 27.7 Å². The Bertz CT molecular complexity index is 457. The maximum Gasteiger partial charge on any atom is 0.410 e. The van der Waals surface area contributed by atoms with Crippen LogP contribution in [0, 0.1) is 0 Å². The van der Waals surface area contributed by atoms with Crippen molar-refractivity contribution in [3.05, 3.63) is 0 Å². The lowest BCUT2D eigenvalue weighted by Crippen LogP contribution is -2.60. The van der Waals surface area contributed by atoms with Crippen LogP contribution < -0.4 is 5.32 Å². The van der Waals surface area contributed by atoms with Gasteiger partial charge in [-0.25, -0.2) is 9.59 Å². The molecule has 2 aliphatic rings. The molecule has 3 atom stereocenters. The fraction of sp³-hybridized carbons (Fsp3) is 0.786. The van der Waals surface area contributed by atoms with Gasteiger partial charge >= 0.3 is 12.1 Å². The molecule has 0 unspecified atom stereocenters. The van der Waals surface area contributed by atoms with Crippen molar-refractivity contribution in [3.8, 4) is 0 Å². The van der Waals surface area contributed by atoms with Gasteiger partial charge in [0.1, 0.15) is 23.8 Å². The molecule has 0 bridgehead atoms. The van der Waals surface area contributed by atoms with Gasteiger partial charge in [0.25, 0.3) is 0 Å². The van der Waals surface area contributed by atoms with Crippen LogP contribution >= 0.6 is 0 Å². The van der Waals surface area contributed by atoms with Gasteiger partial charge in [-0.1, -0.05) is 0 Å². The highest BCUT2D eigenvalue weighted by Gasteiger charge is 2.42. The molecule has 2 heterocycles. The zero-order valence-corrected chi connectivity index (χ0v) is 12.8. The highest BCUT2D eigenvalue weighted by molar-refractivity contribution is 5.91. The molecule has 118 valence electrons. The second kappa shape index (κ2) is 5.54. The van der Waals surface area contributed by atoms with E-state index in [1.807, 2.05) is 0 Å². The maximum atomic E-state index is 12.1. The molecule has 1 N–H and O–H groups in total. The van der Waals surface area contributed by atoms with E-state index in [9.17, 15) is 14.4 Å². The lowest BCUT2D eigenvalue weighted by Gasteiger charge is -2.40. The minimum absolute atomic E-state index is 0.189. The molecular weight excluding hydrogens is 276 g/mol. The summed E-state index contributed by atoms with van der Waals surface area (Å²) in [6, 6.07) is -1.18. The third-order valence-electron chi connectivity index (χ3n) is 3.44. The number of rotatable bonds is 2. The monoisotopic (exact) mass is 298 g/mol. The van der Waals surface area contributed by atoms with Crippen molar-refractivity contribution in [2.75, 3.05) is 6.54 Å². The molecular formula is C14H22N2O5. The van der Waals surface area contributed by atoms with Gasteiger partial charge in [0, 0.05) is 13.0 Å². The van der Waals surface area contributed by atoms with Crippen LogP contribution in [0.5, 0.6) is 0 Å². The van der Waals surface area contributed by atoms with Gasteiger partial charge < -0.3 is 14.8 Å². The fourth-order valence-corrected chi connectivity index (χ4v) is 2.34. The number of likely N-dealkylation sites (tertiary alicyclic amines) is 1. The molecule has 0 aliphatic carbocycles. The summed E-state index contributed by atoms with van der Waals surface area (Å²) in [6.45, 7) is 7.58. The maximum absolute atomic E-state index is 12.1. The van der Waals surface area contributed by atoms with Crippen molar-refractivity contribution >= 4 is 18.0 Å². The van der Waals surface area contributed by atoms with Crippen LogP contribution in [0.2, 0.25) is 0 Å². The molecule has 2 rings (SSSR count). The topological polar surface area (TPSA) is 84.9 Å². The molecule has 21 heavy (non-hydrogen) atoms.